The van der Waals surface area contributed by atoms with Gasteiger partial charge in [0.15, 0.2) is 0 Å². The number of hydrogen-bond acceptors (Lipinski definition) is 4. The minimum atomic E-state index is -3.67. The molecule has 0 aliphatic carbocycles. The molecule has 1 aromatic heterocycles. The standard InChI is InChI=1S/C12H19N3O4S/c1-3-15-8-10(6-11(15)12(16)17)20(18,19)13-9-4-5-14(2)7-9/h6,8-9,13H,3-5,7H2,1-2H3,(H,16,17). The van der Waals surface area contributed by atoms with Gasteiger partial charge in [0, 0.05) is 25.3 Å². The molecular weight excluding hydrogens is 282 g/mol. The number of hydrogen-bond donors (Lipinski definition) is 2. The van der Waals surface area contributed by atoms with Crippen molar-refractivity contribution in [3.63, 3.8) is 0 Å². The zero-order valence-electron chi connectivity index (χ0n) is 11.5. The van der Waals surface area contributed by atoms with E-state index in [-0.39, 0.29) is 16.6 Å². The Morgan fingerprint density at radius 2 is 2.25 bits per heavy atom. The molecule has 0 spiro atoms. The second-order valence-corrected chi connectivity index (χ2v) is 6.74. The van der Waals surface area contributed by atoms with Crippen LogP contribution in [0, 0.1) is 0 Å². The smallest absolute Gasteiger partial charge is 0.352 e. The zero-order valence-corrected chi connectivity index (χ0v) is 12.4. The van der Waals surface area contributed by atoms with Gasteiger partial charge >= 0.3 is 5.97 Å². The summed E-state index contributed by atoms with van der Waals surface area (Å²) in [4.78, 5) is 13.1. The normalized spacial score (nSPS) is 20.4. The van der Waals surface area contributed by atoms with E-state index in [9.17, 15) is 13.2 Å². The van der Waals surface area contributed by atoms with Gasteiger partial charge in [-0.15, -0.1) is 0 Å². The minimum absolute atomic E-state index is 0.00584. The Hall–Kier alpha value is -1.38. The van der Waals surface area contributed by atoms with Crippen LogP contribution >= 0.6 is 0 Å². The Bertz CT molecular complexity index is 608. The number of carboxylic acid groups (broad SMARTS) is 1. The fourth-order valence-electron chi connectivity index (χ4n) is 2.39. The van der Waals surface area contributed by atoms with E-state index in [1.54, 1.807) is 6.92 Å². The zero-order chi connectivity index (χ0) is 14.9. The average Bonchev–Trinajstić information content (AvgIpc) is 2.95. The van der Waals surface area contributed by atoms with Crippen LogP contribution in [0.25, 0.3) is 0 Å². The van der Waals surface area contributed by atoms with E-state index >= 15 is 0 Å². The van der Waals surface area contributed by atoms with Crippen molar-refractivity contribution in [2.75, 3.05) is 20.1 Å². The Morgan fingerprint density at radius 3 is 2.70 bits per heavy atom. The van der Waals surface area contributed by atoms with Gasteiger partial charge < -0.3 is 14.6 Å². The van der Waals surface area contributed by atoms with Gasteiger partial charge in [0.25, 0.3) is 0 Å². The predicted octanol–water partition coefficient (Wildman–Crippen LogP) is 0.189. The third-order valence-electron chi connectivity index (χ3n) is 3.45. The van der Waals surface area contributed by atoms with Crippen LogP contribution in [0.3, 0.4) is 0 Å². The highest BCUT2D eigenvalue weighted by atomic mass is 32.2. The molecule has 112 valence electrons. The molecular formula is C12H19N3O4S. The lowest BCUT2D eigenvalue weighted by molar-refractivity contribution is 0.0685. The number of aromatic nitrogens is 1. The largest absolute Gasteiger partial charge is 0.477 e. The van der Waals surface area contributed by atoms with E-state index in [0.29, 0.717) is 13.1 Å². The molecule has 2 N–H and O–H groups in total. The van der Waals surface area contributed by atoms with Crippen LogP contribution in [0.4, 0.5) is 0 Å². The van der Waals surface area contributed by atoms with Crippen LogP contribution in [0.1, 0.15) is 23.8 Å². The number of sulfonamides is 1. The minimum Gasteiger partial charge on any atom is -0.477 e. The van der Waals surface area contributed by atoms with Crippen molar-refractivity contribution >= 4 is 16.0 Å². The molecule has 8 heteroatoms. The van der Waals surface area contributed by atoms with Gasteiger partial charge in [-0.1, -0.05) is 0 Å². The molecule has 1 atom stereocenters. The van der Waals surface area contributed by atoms with Crippen molar-refractivity contribution in [1.82, 2.24) is 14.2 Å². The van der Waals surface area contributed by atoms with Crippen LogP contribution in [0.15, 0.2) is 17.2 Å². The van der Waals surface area contributed by atoms with Crippen LogP contribution in [-0.4, -0.2) is 55.1 Å². The van der Waals surface area contributed by atoms with E-state index < -0.39 is 16.0 Å². The van der Waals surface area contributed by atoms with E-state index in [0.717, 1.165) is 13.0 Å². The van der Waals surface area contributed by atoms with Crippen molar-refractivity contribution in [1.29, 1.82) is 0 Å². The number of aryl methyl sites for hydroxylation is 1. The second-order valence-electron chi connectivity index (χ2n) is 5.02. The first kappa shape index (κ1) is 15.0. The molecule has 1 aromatic rings. The predicted molar refractivity (Wildman–Crippen MR) is 73.3 cm³/mol. The molecule has 0 amide bonds. The SMILES string of the molecule is CCn1cc(S(=O)(=O)NC2CCN(C)C2)cc1C(=O)O. The number of carboxylic acids is 1. The molecule has 0 bridgehead atoms. The second kappa shape index (κ2) is 5.55. The lowest BCUT2D eigenvalue weighted by Crippen LogP contribution is -2.36. The number of likely N-dealkylation sites (tertiary alicyclic amines) is 1. The fraction of sp³-hybridized carbons (Fsp3) is 0.583. The summed E-state index contributed by atoms with van der Waals surface area (Å²) >= 11 is 0. The lowest BCUT2D eigenvalue weighted by atomic mass is 10.3. The molecule has 2 heterocycles. The third kappa shape index (κ3) is 3.02. The molecule has 1 fully saturated rings. The summed E-state index contributed by atoms with van der Waals surface area (Å²) in [5, 5.41) is 9.05. The van der Waals surface area contributed by atoms with Crippen LogP contribution in [0.2, 0.25) is 0 Å². The summed E-state index contributed by atoms with van der Waals surface area (Å²) < 4.78 is 28.6. The summed E-state index contributed by atoms with van der Waals surface area (Å²) in [5.74, 6) is -1.13. The summed E-state index contributed by atoms with van der Waals surface area (Å²) in [6.07, 6.45) is 2.13. The average molecular weight is 301 g/mol. The maximum atomic E-state index is 12.3. The van der Waals surface area contributed by atoms with Crippen molar-refractivity contribution in [2.45, 2.75) is 30.8 Å². The van der Waals surface area contributed by atoms with E-state index in [1.807, 2.05) is 11.9 Å². The van der Waals surface area contributed by atoms with Gasteiger partial charge in [0.1, 0.15) is 10.6 Å². The van der Waals surface area contributed by atoms with Gasteiger partial charge in [-0.2, -0.15) is 0 Å². The fourth-order valence-corrected chi connectivity index (χ4v) is 3.69. The summed E-state index contributed by atoms with van der Waals surface area (Å²) in [5.41, 5.74) is -0.0172. The van der Waals surface area contributed by atoms with Gasteiger partial charge in [-0.25, -0.2) is 17.9 Å². The van der Waals surface area contributed by atoms with Crippen molar-refractivity contribution in [2.24, 2.45) is 0 Å². The van der Waals surface area contributed by atoms with Gasteiger partial charge in [0.05, 0.1) is 0 Å². The molecule has 7 nitrogen and oxygen atoms in total. The number of likely N-dealkylation sites (N-methyl/N-ethyl adjacent to an activating group) is 1. The first-order valence-electron chi connectivity index (χ1n) is 6.48. The maximum Gasteiger partial charge on any atom is 0.352 e. The Morgan fingerprint density at radius 1 is 1.55 bits per heavy atom. The molecule has 1 aliphatic heterocycles. The number of carbonyl (C=O) groups is 1. The molecule has 1 aliphatic rings. The first-order chi connectivity index (χ1) is 9.33. The molecule has 2 rings (SSSR count). The molecule has 20 heavy (non-hydrogen) atoms. The Kier molecular flexibility index (Phi) is 4.17. The quantitative estimate of drug-likeness (QED) is 0.810. The summed E-state index contributed by atoms with van der Waals surface area (Å²) in [7, 11) is -1.74. The lowest BCUT2D eigenvalue weighted by Gasteiger charge is -2.12. The molecule has 1 saturated heterocycles. The van der Waals surface area contributed by atoms with Gasteiger partial charge in [-0.3, -0.25) is 0 Å². The number of nitrogens with one attached hydrogen (secondary N) is 1. The van der Waals surface area contributed by atoms with Crippen LogP contribution < -0.4 is 4.72 Å². The molecule has 0 saturated carbocycles. The highest BCUT2D eigenvalue weighted by Gasteiger charge is 2.27. The monoisotopic (exact) mass is 301 g/mol. The number of aromatic carboxylic acids is 1. The highest BCUT2D eigenvalue weighted by molar-refractivity contribution is 7.89. The molecule has 0 aromatic carbocycles. The van der Waals surface area contributed by atoms with Crippen molar-refractivity contribution in [3.8, 4) is 0 Å². The Labute approximate surface area is 118 Å². The summed E-state index contributed by atoms with van der Waals surface area (Å²) in [6, 6.07) is 1.08. The topological polar surface area (TPSA) is 91.6 Å². The first-order valence-corrected chi connectivity index (χ1v) is 7.96. The Balaban J connectivity index is 2.23. The van der Waals surface area contributed by atoms with Gasteiger partial charge in [-0.05, 0) is 33.0 Å². The number of nitrogens with zero attached hydrogens (tertiary/aromatic N) is 2. The van der Waals surface area contributed by atoms with E-state index in [1.165, 1.54) is 16.8 Å². The number of rotatable bonds is 5. The highest BCUT2D eigenvalue weighted by Crippen LogP contribution is 2.17. The molecule has 0 radical (unpaired) electrons. The van der Waals surface area contributed by atoms with Crippen molar-refractivity contribution in [3.05, 3.63) is 18.0 Å². The van der Waals surface area contributed by atoms with E-state index in [2.05, 4.69) is 4.72 Å². The summed E-state index contributed by atoms with van der Waals surface area (Å²) in [6.45, 7) is 3.69. The maximum absolute atomic E-state index is 12.3. The van der Waals surface area contributed by atoms with Gasteiger partial charge in [0.2, 0.25) is 10.0 Å². The van der Waals surface area contributed by atoms with Crippen LogP contribution in [-0.2, 0) is 16.6 Å². The van der Waals surface area contributed by atoms with E-state index in [4.69, 9.17) is 5.11 Å². The van der Waals surface area contributed by atoms with Crippen molar-refractivity contribution < 1.29 is 18.3 Å². The third-order valence-corrected chi connectivity index (χ3v) is 4.94. The van der Waals surface area contributed by atoms with Crippen LogP contribution in [0.5, 0.6) is 0 Å². The molecule has 1 unspecified atom stereocenters.